The molecule has 0 aliphatic carbocycles. The summed E-state index contributed by atoms with van der Waals surface area (Å²) in [6.45, 7) is 33.4. The molecule has 0 N–H and O–H groups in total. The molecule has 3 nitrogen and oxygen atoms in total. The lowest BCUT2D eigenvalue weighted by atomic mass is 9.76. The van der Waals surface area contributed by atoms with Crippen LogP contribution in [0.3, 0.4) is 0 Å². The lowest BCUT2D eigenvalue weighted by Gasteiger charge is -2.50. The smallest absolute Gasteiger partial charge is 0.449 e. The minimum Gasteiger partial charge on any atom is -0.449 e. The first-order valence-electron chi connectivity index (χ1n) is 11.3. The molecule has 0 aliphatic heterocycles. The van der Waals surface area contributed by atoms with Crippen LogP contribution in [0.15, 0.2) is 0 Å². The Balaban J connectivity index is 6.12. The van der Waals surface area contributed by atoms with Crippen molar-refractivity contribution in [3.05, 3.63) is 0 Å². The quantitative estimate of drug-likeness (QED) is 0.362. The maximum atomic E-state index is 6.83. The highest BCUT2D eigenvalue weighted by Gasteiger charge is 2.54. The van der Waals surface area contributed by atoms with Crippen molar-refractivity contribution in [2.24, 2.45) is 16.2 Å². The third-order valence-corrected chi connectivity index (χ3v) is 9.99. The Morgan fingerprint density at radius 3 is 0.714 bits per heavy atom. The van der Waals surface area contributed by atoms with Crippen molar-refractivity contribution in [1.82, 2.24) is 0 Å². The van der Waals surface area contributed by atoms with Gasteiger partial charge in [-0.15, -0.1) is 0 Å². The number of hydrogen-bond acceptors (Lipinski definition) is 3. The normalized spacial score (nSPS) is 20.2. The predicted octanol–water partition coefficient (Wildman–Crippen LogP) is 7.67. The van der Waals surface area contributed by atoms with Gasteiger partial charge in [0.15, 0.2) is 0 Å². The van der Waals surface area contributed by atoms with E-state index < -0.39 is 15.1 Å². The van der Waals surface area contributed by atoms with E-state index in [4.69, 9.17) is 11.4 Å². The highest BCUT2D eigenvalue weighted by molar-refractivity contribution is 6.37. The molecule has 28 heavy (non-hydrogen) atoms. The zero-order valence-corrected chi connectivity index (χ0v) is 23.1. The standard InChI is InChI=1S/3C8H17O.Al/c3*1-6-8(5,9)7(2,3)4;/h3*6H2,1-5H3;/q3*-1;+3. The molecule has 0 saturated heterocycles. The van der Waals surface area contributed by atoms with Crippen molar-refractivity contribution in [2.75, 3.05) is 0 Å². The first kappa shape index (κ1) is 28.4. The summed E-state index contributed by atoms with van der Waals surface area (Å²) < 4.78 is 20.5. The van der Waals surface area contributed by atoms with Crippen molar-refractivity contribution < 1.29 is 11.4 Å². The molecule has 0 fully saturated rings. The molecule has 0 aliphatic rings. The minimum atomic E-state index is -2.46. The molecule has 0 saturated carbocycles. The van der Waals surface area contributed by atoms with E-state index in [-0.39, 0.29) is 33.0 Å². The molecule has 0 aromatic heterocycles. The lowest BCUT2D eigenvalue weighted by Crippen LogP contribution is -2.57. The fourth-order valence-electron chi connectivity index (χ4n) is 3.08. The molecule has 0 spiro atoms. The van der Waals surface area contributed by atoms with E-state index in [0.717, 1.165) is 19.3 Å². The van der Waals surface area contributed by atoms with E-state index in [0.29, 0.717) is 0 Å². The Labute approximate surface area is 182 Å². The van der Waals surface area contributed by atoms with Gasteiger partial charge < -0.3 is 11.4 Å². The summed E-state index contributed by atoms with van der Waals surface area (Å²) in [5, 5.41) is 0. The molecule has 0 rings (SSSR count). The summed E-state index contributed by atoms with van der Waals surface area (Å²) >= 11 is -2.46. The molecule has 0 heterocycles. The average molecular weight is 415 g/mol. The Morgan fingerprint density at radius 2 is 0.607 bits per heavy atom. The topological polar surface area (TPSA) is 27.7 Å². The third kappa shape index (κ3) is 6.45. The first-order chi connectivity index (χ1) is 12.2. The van der Waals surface area contributed by atoms with Gasteiger partial charge in [0.1, 0.15) is 0 Å². The predicted molar refractivity (Wildman–Crippen MR) is 123 cm³/mol. The zero-order valence-electron chi connectivity index (χ0n) is 21.9. The van der Waals surface area contributed by atoms with Crippen molar-refractivity contribution >= 4 is 15.1 Å². The molecular formula is C24H51AlO3. The maximum Gasteiger partial charge on any atom is 0.906 e. The lowest BCUT2D eigenvalue weighted by molar-refractivity contribution is -0.148. The van der Waals surface area contributed by atoms with Crippen LogP contribution in [0, 0.1) is 16.2 Å². The molecule has 4 heteroatoms. The molecule has 0 aromatic carbocycles. The van der Waals surface area contributed by atoms with Crippen LogP contribution < -0.4 is 0 Å². The number of rotatable bonds is 9. The second-order valence-corrected chi connectivity index (χ2v) is 13.4. The summed E-state index contributed by atoms with van der Waals surface area (Å²) in [5.41, 5.74) is -0.924. The van der Waals surface area contributed by atoms with E-state index >= 15 is 0 Å². The van der Waals surface area contributed by atoms with E-state index in [1.165, 1.54) is 0 Å². The molecule has 3 atom stereocenters. The highest BCUT2D eigenvalue weighted by atomic mass is 27.3. The van der Waals surface area contributed by atoms with Crippen LogP contribution in [0.2, 0.25) is 0 Å². The summed E-state index contributed by atoms with van der Waals surface area (Å²) in [6.07, 6.45) is 2.76. The second kappa shape index (κ2) is 9.27. The Bertz CT molecular complexity index is 414. The van der Waals surface area contributed by atoms with Gasteiger partial charge in [0.25, 0.3) is 0 Å². The molecule has 0 bridgehead atoms. The SMILES string of the molecule is CCC(C)([O][Al]([O]C(C)(CC)C(C)(C)C)[O]C(C)(CC)C(C)(C)C)C(C)(C)C. The minimum absolute atomic E-state index is 0.00554. The van der Waals surface area contributed by atoms with E-state index in [1.54, 1.807) is 0 Å². The maximum absolute atomic E-state index is 6.83. The second-order valence-electron chi connectivity index (χ2n) is 12.1. The summed E-state index contributed by atoms with van der Waals surface area (Å²) in [6, 6.07) is 0. The third-order valence-electron chi connectivity index (χ3n) is 7.85. The fourth-order valence-corrected chi connectivity index (χ4v) is 6.06. The molecule has 168 valence electrons. The zero-order chi connectivity index (χ0) is 22.8. The van der Waals surface area contributed by atoms with Crippen molar-refractivity contribution in [2.45, 2.75) is 140 Å². The molecule has 0 amide bonds. The Morgan fingerprint density at radius 1 is 0.429 bits per heavy atom. The van der Waals surface area contributed by atoms with Crippen LogP contribution in [0.4, 0.5) is 0 Å². The first-order valence-corrected chi connectivity index (χ1v) is 12.7. The molecule has 3 unspecified atom stereocenters. The fraction of sp³-hybridized carbons (Fsp3) is 1.00. The van der Waals surface area contributed by atoms with Crippen molar-refractivity contribution in [1.29, 1.82) is 0 Å². The summed E-state index contributed by atoms with van der Waals surface area (Å²) in [7, 11) is 0. The Hall–Kier alpha value is 0.412. The van der Waals surface area contributed by atoms with Crippen LogP contribution in [-0.2, 0) is 11.4 Å². The summed E-state index contributed by atoms with van der Waals surface area (Å²) in [5.74, 6) is 0. The van der Waals surface area contributed by atoms with E-state index in [9.17, 15) is 0 Å². The van der Waals surface area contributed by atoms with Gasteiger partial charge in [0.2, 0.25) is 0 Å². The van der Waals surface area contributed by atoms with Crippen molar-refractivity contribution in [3.63, 3.8) is 0 Å². The van der Waals surface area contributed by atoms with Crippen LogP contribution >= 0.6 is 0 Å². The van der Waals surface area contributed by atoms with Gasteiger partial charge in [-0.3, -0.25) is 0 Å². The Kier molecular flexibility index (Phi) is 9.41. The van der Waals surface area contributed by atoms with Gasteiger partial charge in [-0.25, -0.2) is 0 Å². The average Bonchev–Trinajstić information content (AvgIpc) is 2.50. The van der Waals surface area contributed by atoms with Crippen LogP contribution in [0.1, 0.15) is 123 Å². The molecule has 0 aromatic rings. The highest BCUT2D eigenvalue weighted by Crippen LogP contribution is 2.43. The van der Waals surface area contributed by atoms with E-state index in [2.05, 4.69) is 104 Å². The molecule has 0 radical (unpaired) electrons. The summed E-state index contributed by atoms with van der Waals surface area (Å²) in [4.78, 5) is 0. The van der Waals surface area contributed by atoms with E-state index in [1.807, 2.05) is 0 Å². The van der Waals surface area contributed by atoms with Gasteiger partial charge in [-0.05, 0) is 56.3 Å². The van der Waals surface area contributed by atoms with Gasteiger partial charge in [-0.1, -0.05) is 83.1 Å². The molecular weight excluding hydrogens is 363 g/mol. The van der Waals surface area contributed by atoms with Gasteiger partial charge in [0.05, 0.1) is 0 Å². The van der Waals surface area contributed by atoms with Crippen LogP contribution in [0.25, 0.3) is 0 Å². The van der Waals surface area contributed by atoms with Gasteiger partial charge in [0, 0.05) is 16.8 Å². The van der Waals surface area contributed by atoms with Gasteiger partial charge in [-0.2, -0.15) is 0 Å². The van der Waals surface area contributed by atoms with Crippen LogP contribution in [0.5, 0.6) is 0 Å². The number of hydrogen-bond donors (Lipinski definition) is 0. The van der Waals surface area contributed by atoms with Crippen molar-refractivity contribution in [3.8, 4) is 0 Å². The van der Waals surface area contributed by atoms with Crippen LogP contribution in [-0.4, -0.2) is 32.0 Å². The van der Waals surface area contributed by atoms with Gasteiger partial charge >= 0.3 is 15.1 Å². The monoisotopic (exact) mass is 414 g/mol. The largest absolute Gasteiger partial charge is 0.906 e.